The molecule has 0 unspecified atom stereocenters. The van der Waals surface area contributed by atoms with Crippen LogP contribution in [-0.4, -0.2) is 47.4 Å². The number of ether oxygens (including phenoxy) is 1. The van der Waals surface area contributed by atoms with Crippen LogP contribution in [0.5, 0.6) is 0 Å². The number of aryl methyl sites for hydroxylation is 1. The van der Waals surface area contributed by atoms with Gasteiger partial charge >= 0.3 is 0 Å². The zero-order valence-electron chi connectivity index (χ0n) is 11.9. The summed E-state index contributed by atoms with van der Waals surface area (Å²) in [6.45, 7) is 5.88. The van der Waals surface area contributed by atoms with Gasteiger partial charge < -0.3 is 15.0 Å². The SMILES string of the molecule is Cc1ccc(N2CCC3(CC2)OCC(=O)N[C@@H]3C)nn1. The molecule has 1 aromatic heterocycles. The second-order valence-corrected chi connectivity index (χ2v) is 5.66. The van der Waals surface area contributed by atoms with Gasteiger partial charge in [0, 0.05) is 13.1 Å². The Bertz CT molecular complexity index is 494. The maximum Gasteiger partial charge on any atom is 0.246 e. The summed E-state index contributed by atoms with van der Waals surface area (Å²) < 4.78 is 5.86. The van der Waals surface area contributed by atoms with Gasteiger partial charge in [-0.2, -0.15) is 5.10 Å². The molecule has 2 aliphatic rings. The van der Waals surface area contributed by atoms with Crippen LogP contribution in [-0.2, 0) is 9.53 Å². The Kier molecular flexibility index (Phi) is 3.33. The minimum Gasteiger partial charge on any atom is -0.363 e. The topological polar surface area (TPSA) is 67.3 Å². The molecule has 0 saturated carbocycles. The zero-order valence-corrected chi connectivity index (χ0v) is 11.9. The molecule has 6 nitrogen and oxygen atoms in total. The molecule has 1 spiro atoms. The Morgan fingerprint density at radius 2 is 2.10 bits per heavy atom. The first-order valence-electron chi connectivity index (χ1n) is 7.08. The molecule has 1 aromatic rings. The summed E-state index contributed by atoms with van der Waals surface area (Å²) in [6.07, 6.45) is 1.79. The van der Waals surface area contributed by atoms with E-state index in [1.54, 1.807) is 0 Å². The number of morpholine rings is 1. The molecular formula is C14H20N4O2. The van der Waals surface area contributed by atoms with E-state index in [0.717, 1.165) is 37.4 Å². The van der Waals surface area contributed by atoms with Crippen molar-refractivity contribution in [3.63, 3.8) is 0 Å². The van der Waals surface area contributed by atoms with Gasteiger partial charge in [0.05, 0.1) is 17.3 Å². The number of rotatable bonds is 1. The van der Waals surface area contributed by atoms with Crippen LogP contribution in [0.3, 0.4) is 0 Å². The zero-order chi connectivity index (χ0) is 14.2. The van der Waals surface area contributed by atoms with E-state index in [1.165, 1.54) is 0 Å². The fraction of sp³-hybridized carbons (Fsp3) is 0.643. The van der Waals surface area contributed by atoms with Gasteiger partial charge in [0.15, 0.2) is 5.82 Å². The highest BCUT2D eigenvalue weighted by atomic mass is 16.5. The standard InChI is InChI=1S/C14H20N4O2/c1-10-3-4-12(17-16-10)18-7-5-14(6-8-18)11(2)15-13(19)9-20-14/h3-4,11H,5-9H2,1-2H3,(H,15,19)/t11-/m1/s1. The van der Waals surface area contributed by atoms with Crippen molar-refractivity contribution >= 4 is 11.7 Å². The molecule has 2 saturated heterocycles. The molecule has 0 aliphatic carbocycles. The van der Waals surface area contributed by atoms with Crippen LogP contribution in [0.4, 0.5) is 5.82 Å². The molecule has 0 radical (unpaired) electrons. The second-order valence-electron chi connectivity index (χ2n) is 5.66. The first-order chi connectivity index (χ1) is 9.59. The van der Waals surface area contributed by atoms with Gasteiger partial charge in [0.2, 0.25) is 5.91 Å². The van der Waals surface area contributed by atoms with Crippen molar-refractivity contribution in [2.45, 2.75) is 38.3 Å². The minimum absolute atomic E-state index is 0.0186. The summed E-state index contributed by atoms with van der Waals surface area (Å²) in [5.41, 5.74) is 0.705. The molecule has 1 N–H and O–H groups in total. The Morgan fingerprint density at radius 3 is 2.70 bits per heavy atom. The smallest absolute Gasteiger partial charge is 0.246 e. The van der Waals surface area contributed by atoms with Crippen LogP contribution >= 0.6 is 0 Å². The number of piperidine rings is 1. The molecule has 20 heavy (non-hydrogen) atoms. The summed E-state index contributed by atoms with van der Waals surface area (Å²) >= 11 is 0. The van der Waals surface area contributed by atoms with E-state index in [9.17, 15) is 4.79 Å². The number of hydrogen-bond acceptors (Lipinski definition) is 5. The van der Waals surface area contributed by atoms with Crippen molar-refractivity contribution in [2.24, 2.45) is 0 Å². The van der Waals surface area contributed by atoms with E-state index in [2.05, 4.69) is 20.4 Å². The molecular weight excluding hydrogens is 256 g/mol. The van der Waals surface area contributed by atoms with E-state index in [-0.39, 0.29) is 24.2 Å². The predicted molar refractivity (Wildman–Crippen MR) is 74.5 cm³/mol. The number of hydrogen-bond donors (Lipinski definition) is 1. The van der Waals surface area contributed by atoms with Gasteiger partial charge in [-0.3, -0.25) is 4.79 Å². The lowest BCUT2D eigenvalue weighted by atomic mass is 9.83. The molecule has 2 aliphatic heterocycles. The van der Waals surface area contributed by atoms with Crippen molar-refractivity contribution in [3.8, 4) is 0 Å². The van der Waals surface area contributed by atoms with E-state index in [1.807, 2.05) is 26.0 Å². The third kappa shape index (κ3) is 2.35. The van der Waals surface area contributed by atoms with E-state index >= 15 is 0 Å². The number of carbonyl (C=O) groups excluding carboxylic acids is 1. The largest absolute Gasteiger partial charge is 0.363 e. The third-order valence-electron chi connectivity index (χ3n) is 4.37. The van der Waals surface area contributed by atoms with Crippen molar-refractivity contribution in [1.82, 2.24) is 15.5 Å². The van der Waals surface area contributed by atoms with Crippen LogP contribution in [0, 0.1) is 6.92 Å². The summed E-state index contributed by atoms with van der Waals surface area (Å²) in [5, 5.41) is 11.3. The van der Waals surface area contributed by atoms with Crippen LogP contribution in [0.25, 0.3) is 0 Å². The first-order valence-corrected chi connectivity index (χ1v) is 7.08. The van der Waals surface area contributed by atoms with Crippen molar-refractivity contribution in [1.29, 1.82) is 0 Å². The molecule has 2 fully saturated rings. The molecule has 3 heterocycles. The van der Waals surface area contributed by atoms with Crippen LogP contribution in [0.15, 0.2) is 12.1 Å². The number of nitrogens with zero attached hydrogens (tertiary/aromatic N) is 3. The maximum absolute atomic E-state index is 11.4. The molecule has 0 aromatic carbocycles. The van der Waals surface area contributed by atoms with E-state index < -0.39 is 0 Å². The average molecular weight is 276 g/mol. The monoisotopic (exact) mass is 276 g/mol. The lowest BCUT2D eigenvalue weighted by Crippen LogP contribution is -2.62. The Hall–Kier alpha value is -1.69. The Labute approximate surface area is 118 Å². The summed E-state index contributed by atoms with van der Waals surface area (Å²) in [4.78, 5) is 13.6. The van der Waals surface area contributed by atoms with Gasteiger partial charge in [-0.1, -0.05) is 0 Å². The highest BCUT2D eigenvalue weighted by molar-refractivity contribution is 5.78. The summed E-state index contributed by atoms with van der Waals surface area (Å²) in [7, 11) is 0. The fourth-order valence-corrected chi connectivity index (χ4v) is 3.00. The number of aromatic nitrogens is 2. The number of nitrogens with one attached hydrogen (secondary N) is 1. The van der Waals surface area contributed by atoms with Gasteiger partial charge in [0.1, 0.15) is 6.61 Å². The maximum atomic E-state index is 11.4. The molecule has 108 valence electrons. The predicted octanol–water partition coefficient (Wildman–Crippen LogP) is 0.659. The van der Waals surface area contributed by atoms with Crippen molar-refractivity contribution in [3.05, 3.63) is 17.8 Å². The molecule has 0 bridgehead atoms. The van der Waals surface area contributed by atoms with Gasteiger partial charge in [0.25, 0.3) is 0 Å². The summed E-state index contributed by atoms with van der Waals surface area (Å²) in [5.74, 6) is 0.896. The van der Waals surface area contributed by atoms with Gasteiger partial charge in [-0.15, -0.1) is 5.10 Å². The van der Waals surface area contributed by atoms with Gasteiger partial charge in [-0.25, -0.2) is 0 Å². The highest BCUT2D eigenvalue weighted by Gasteiger charge is 2.44. The third-order valence-corrected chi connectivity index (χ3v) is 4.37. The lowest BCUT2D eigenvalue weighted by Gasteiger charge is -2.47. The lowest BCUT2D eigenvalue weighted by molar-refractivity contribution is -0.154. The minimum atomic E-state index is -0.220. The molecule has 1 atom stereocenters. The Morgan fingerprint density at radius 1 is 1.35 bits per heavy atom. The molecule has 1 amide bonds. The van der Waals surface area contributed by atoms with Crippen molar-refractivity contribution in [2.75, 3.05) is 24.6 Å². The Balaban J connectivity index is 1.67. The molecule has 6 heteroatoms. The van der Waals surface area contributed by atoms with E-state index in [4.69, 9.17) is 4.74 Å². The van der Waals surface area contributed by atoms with Crippen LogP contribution in [0.2, 0.25) is 0 Å². The quantitative estimate of drug-likeness (QED) is 0.816. The van der Waals surface area contributed by atoms with Crippen LogP contribution in [0.1, 0.15) is 25.5 Å². The van der Waals surface area contributed by atoms with Crippen LogP contribution < -0.4 is 10.2 Å². The second kappa shape index (κ2) is 5.01. The van der Waals surface area contributed by atoms with Crippen molar-refractivity contribution < 1.29 is 9.53 Å². The molecule has 3 rings (SSSR count). The number of amides is 1. The van der Waals surface area contributed by atoms with Gasteiger partial charge in [-0.05, 0) is 38.8 Å². The summed E-state index contributed by atoms with van der Waals surface area (Å²) in [6, 6.07) is 4.05. The highest BCUT2D eigenvalue weighted by Crippen LogP contribution is 2.33. The van der Waals surface area contributed by atoms with E-state index in [0.29, 0.717) is 0 Å². The average Bonchev–Trinajstić information content (AvgIpc) is 2.45. The number of carbonyl (C=O) groups is 1. The first kappa shape index (κ1) is 13.3. The number of anilines is 1. The normalized spacial score (nSPS) is 25.6. The fourth-order valence-electron chi connectivity index (χ4n) is 3.00.